The highest BCUT2D eigenvalue weighted by Gasteiger charge is 2.11. The van der Waals surface area contributed by atoms with Crippen LogP contribution >= 0.6 is 15.9 Å². The smallest absolute Gasteiger partial charge is 0.306 e. The molecule has 0 radical (unpaired) electrons. The first-order chi connectivity index (χ1) is 12.1. The van der Waals surface area contributed by atoms with Crippen LogP contribution in [-0.2, 0) is 16.0 Å². The number of aryl methyl sites for hydroxylation is 1. The molecule has 0 saturated heterocycles. The van der Waals surface area contributed by atoms with Crippen molar-refractivity contribution in [3.05, 3.63) is 52.5 Å². The summed E-state index contributed by atoms with van der Waals surface area (Å²) in [5.41, 5.74) is 0.907. The molecule has 0 amide bonds. The van der Waals surface area contributed by atoms with E-state index in [1.807, 2.05) is 42.5 Å². The van der Waals surface area contributed by atoms with Gasteiger partial charge in [0.25, 0.3) is 0 Å². The molecule has 2 rings (SSSR count). The third-order valence-corrected chi connectivity index (χ3v) is 4.04. The monoisotopic (exact) mass is 408 g/mol. The molecule has 0 saturated carbocycles. The summed E-state index contributed by atoms with van der Waals surface area (Å²) in [5, 5.41) is 0. The summed E-state index contributed by atoms with van der Waals surface area (Å²) in [6, 6.07) is 13.1. The molecular weight excluding hydrogens is 388 g/mol. The number of rotatable bonds is 9. The van der Waals surface area contributed by atoms with Gasteiger partial charge in [0.05, 0.1) is 14.2 Å². The first-order valence-electron chi connectivity index (χ1n) is 7.88. The van der Waals surface area contributed by atoms with Crippen LogP contribution in [0, 0.1) is 0 Å². The lowest BCUT2D eigenvalue weighted by Crippen LogP contribution is -2.13. The maximum Gasteiger partial charge on any atom is 0.306 e. The zero-order valence-electron chi connectivity index (χ0n) is 14.3. The number of hydrogen-bond donors (Lipinski definition) is 0. The van der Waals surface area contributed by atoms with E-state index < -0.39 is 0 Å². The van der Waals surface area contributed by atoms with Crippen LogP contribution in [0.1, 0.15) is 12.0 Å². The fraction of sp³-hybridized carbons (Fsp3) is 0.316. The van der Waals surface area contributed by atoms with Gasteiger partial charge in [0.2, 0.25) is 0 Å². The maximum atomic E-state index is 11.9. The normalized spacial score (nSPS) is 10.2. The highest BCUT2D eigenvalue weighted by Crippen LogP contribution is 2.31. The Morgan fingerprint density at radius 2 is 1.76 bits per heavy atom. The number of benzene rings is 2. The predicted molar refractivity (Wildman–Crippen MR) is 98.5 cm³/mol. The van der Waals surface area contributed by atoms with Crippen LogP contribution in [0.4, 0.5) is 0 Å². The SMILES string of the molecule is COc1cccc(CCC(=O)OCCOc2ccc(Br)cc2)c1OC. The van der Waals surface area contributed by atoms with E-state index in [0.717, 1.165) is 15.8 Å². The molecule has 25 heavy (non-hydrogen) atoms. The minimum atomic E-state index is -0.274. The summed E-state index contributed by atoms with van der Waals surface area (Å²) in [6.45, 7) is 0.528. The molecule has 0 bridgehead atoms. The molecule has 0 aliphatic heterocycles. The molecule has 0 aliphatic carbocycles. The number of methoxy groups -OCH3 is 2. The van der Waals surface area contributed by atoms with Crippen molar-refractivity contribution in [2.45, 2.75) is 12.8 Å². The Kier molecular flexibility index (Phi) is 7.60. The Bertz CT molecular complexity index is 685. The minimum Gasteiger partial charge on any atom is -0.493 e. The van der Waals surface area contributed by atoms with Crippen molar-refractivity contribution in [3.63, 3.8) is 0 Å². The maximum absolute atomic E-state index is 11.9. The van der Waals surface area contributed by atoms with Crippen LogP contribution in [0.3, 0.4) is 0 Å². The van der Waals surface area contributed by atoms with Crippen molar-refractivity contribution in [1.29, 1.82) is 0 Å². The fourth-order valence-electron chi connectivity index (χ4n) is 2.31. The van der Waals surface area contributed by atoms with E-state index in [0.29, 0.717) is 24.5 Å². The van der Waals surface area contributed by atoms with Gasteiger partial charge in [-0.1, -0.05) is 28.1 Å². The highest BCUT2D eigenvalue weighted by atomic mass is 79.9. The summed E-state index contributed by atoms with van der Waals surface area (Å²) < 4.78 is 22.3. The average molecular weight is 409 g/mol. The molecular formula is C19H21BrO5. The van der Waals surface area contributed by atoms with Crippen LogP contribution in [0.2, 0.25) is 0 Å². The van der Waals surface area contributed by atoms with Gasteiger partial charge in [-0.25, -0.2) is 0 Å². The van der Waals surface area contributed by atoms with E-state index in [1.165, 1.54) is 0 Å². The van der Waals surface area contributed by atoms with E-state index in [2.05, 4.69) is 15.9 Å². The van der Waals surface area contributed by atoms with Gasteiger partial charge in [0, 0.05) is 10.9 Å². The van der Waals surface area contributed by atoms with Crippen LogP contribution in [0.25, 0.3) is 0 Å². The third kappa shape index (κ3) is 5.98. The Labute approximate surface area is 156 Å². The first kappa shape index (κ1) is 19.1. The van der Waals surface area contributed by atoms with Crippen LogP contribution in [0.5, 0.6) is 17.2 Å². The molecule has 0 spiro atoms. The van der Waals surface area contributed by atoms with Gasteiger partial charge < -0.3 is 18.9 Å². The lowest BCUT2D eigenvalue weighted by molar-refractivity contribution is -0.144. The van der Waals surface area contributed by atoms with Crippen molar-refractivity contribution in [2.24, 2.45) is 0 Å². The zero-order chi connectivity index (χ0) is 18.1. The molecule has 0 atom stereocenters. The largest absolute Gasteiger partial charge is 0.493 e. The second-order valence-electron chi connectivity index (χ2n) is 5.18. The molecule has 2 aromatic rings. The number of hydrogen-bond acceptors (Lipinski definition) is 5. The topological polar surface area (TPSA) is 54.0 Å². The fourth-order valence-corrected chi connectivity index (χ4v) is 2.57. The number of esters is 1. The van der Waals surface area contributed by atoms with Gasteiger partial charge >= 0.3 is 5.97 Å². The molecule has 0 unspecified atom stereocenters. The van der Waals surface area contributed by atoms with Crippen LogP contribution < -0.4 is 14.2 Å². The Morgan fingerprint density at radius 3 is 2.44 bits per heavy atom. The van der Waals surface area contributed by atoms with E-state index in [1.54, 1.807) is 14.2 Å². The van der Waals surface area contributed by atoms with E-state index >= 15 is 0 Å². The number of ether oxygens (including phenoxy) is 4. The molecule has 0 aromatic heterocycles. The number of carbonyl (C=O) groups is 1. The van der Waals surface area contributed by atoms with Gasteiger partial charge in [-0.2, -0.15) is 0 Å². The molecule has 0 aliphatic rings. The minimum absolute atomic E-state index is 0.212. The molecule has 134 valence electrons. The van der Waals surface area contributed by atoms with E-state index in [4.69, 9.17) is 18.9 Å². The zero-order valence-corrected chi connectivity index (χ0v) is 15.9. The van der Waals surface area contributed by atoms with Gasteiger partial charge in [-0.15, -0.1) is 0 Å². The molecule has 5 nitrogen and oxygen atoms in total. The predicted octanol–water partition coefficient (Wildman–Crippen LogP) is 4.02. The molecule has 0 fully saturated rings. The van der Waals surface area contributed by atoms with Crippen LogP contribution in [0.15, 0.2) is 46.9 Å². The summed E-state index contributed by atoms with van der Waals surface area (Å²) in [5.74, 6) is 1.76. The second-order valence-corrected chi connectivity index (χ2v) is 6.09. The average Bonchev–Trinajstić information content (AvgIpc) is 2.64. The van der Waals surface area contributed by atoms with Crippen LogP contribution in [-0.4, -0.2) is 33.4 Å². The first-order valence-corrected chi connectivity index (χ1v) is 8.67. The number of carbonyl (C=O) groups excluding carboxylic acids is 1. The number of para-hydroxylation sites is 1. The quantitative estimate of drug-likeness (QED) is 0.463. The van der Waals surface area contributed by atoms with Gasteiger partial charge in [-0.05, 0) is 42.3 Å². The van der Waals surface area contributed by atoms with Crippen molar-refractivity contribution >= 4 is 21.9 Å². The van der Waals surface area contributed by atoms with Crippen molar-refractivity contribution < 1.29 is 23.7 Å². The van der Waals surface area contributed by atoms with Gasteiger partial charge in [-0.3, -0.25) is 4.79 Å². The highest BCUT2D eigenvalue weighted by molar-refractivity contribution is 9.10. The molecule has 2 aromatic carbocycles. The van der Waals surface area contributed by atoms with Crippen molar-refractivity contribution in [2.75, 3.05) is 27.4 Å². The van der Waals surface area contributed by atoms with Crippen molar-refractivity contribution in [1.82, 2.24) is 0 Å². The lowest BCUT2D eigenvalue weighted by atomic mass is 10.1. The second kappa shape index (κ2) is 9.93. The Balaban J connectivity index is 1.73. The standard InChI is InChI=1S/C19H21BrO5/c1-22-17-5-3-4-14(19(17)23-2)6-11-18(21)25-13-12-24-16-9-7-15(20)8-10-16/h3-5,7-10H,6,11-13H2,1-2H3. The van der Waals surface area contributed by atoms with Gasteiger partial charge in [0.15, 0.2) is 11.5 Å². The molecule has 0 heterocycles. The third-order valence-electron chi connectivity index (χ3n) is 3.51. The van der Waals surface area contributed by atoms with E-state index in [9.17, 15) is 4.79 Å². The Hall–Kier alpha value is -2.21. The summed E-state index contributed by atoms with van der Waals surface area (Å²) in [7, 11) is 3.17. The van der Waals surface area contributed by atoms with Crippen molar-refractivity contribution in [3.8, 4) is 17.2 Å². The number of halogens is 1. The summed E-state index contributed by atoms with van der Waals surface area (Å²) in [6.07, 6.45) is 0.786. The molecule has 6 heteroatoms. The lowest BCUT2D eigenvalue weighted by Gasteiger charge is -2.12. The van der Waals surface area contributed by atoms with E-state index in [-0.39, 0.29) is 19.0 Å². The summed E-state index contributed by atoms with van der Waals surface area (Å²) >= 11 is 3.36. The molecule has 0 N–H and O–H groups in total. The van der Waals surface area contributed by atoms with Gasteiger partial charge in [0.1, 0.15) is 19.0 Å². The Morgan fingerprint density at radius 1 is 1.00 bits per heavy atom. The summed E-state index contributed by atoms with van der Waals surface area (Å²) in [4.78, 5) is 11.9.